The van der Waals surface area contributed by atoms with Gasteiger partial charge in [0, 0.05) is 18.1 Å². The van der Waals surface area contributed by atoms with Crippen LogP contribution in [0.4, 0.5) is 0 Å². The molecule has 1 unspecified atom stereocenters. The Hall–Kier alpha value is -0.620. The molecule has 1 heterocycles. The van der Waals surface area contributed by atoms with Crippen molar-refractivity contribution in [3.8, 4) is 0 Å². The summed E-state index contributed by atoms with van der Waals surface area (Å²) < 4.78 is 26.8. The number of rotatable bonds is 4. The number of halogens is 1. The molecular formula is C12H17ClN2O2S. The minimum Gasteiger partial charge on any atom is -0.315 e. The highest BCUT2D eigenvalue weighted by atomic mass is 35.5. The summed E-state index contributed by atoms with van der Waals surface area (Å²) in [6.45, 7) is 1.67. The van der Waals surface area contributed by atoms with Crippen molar-refractivity contribution in [1.29, 1.82) is 0 Å². The van der Waals surface area contributed by atoms with Crippen LogP contribution in [0.3, 0.4) is 0 Å². The zero-order valence-corrected chi connectivity index (χ0v) is 11.6. The third-order valence-corrected chi connectivity index (χ3v) is 5.31. The molecule has 1 aliphatic rings. The van der Waals surface area contributed by atoms with Gasteiger partial charge in [-0.05, 0) is 31.0 Å². The molecule has 1 aromatic carbocycles. The highest BCUT2D eigenvalue weighted by molar-refractivity contribution is 7.90. The van der Waals surface area contributed by atoms with Gasteiger partial charge in [-0.1, -0.05) is 29.8 Å². The monoisotopic (exact) mass is 288 g/mol. The van der Waals surface area contributed by atoms with Gasteiger partial charge < -0.3 is 5.32 Å². The average molecular weight is 289 g/mol. The molecule has 6 heteroatoms. The van der Waals surface area contributed by atoms with Crippen molar-refractivity contribution >= 4 is 21.6 Å². The van der Waals surface area contributed by atoms with E-state index in [1.54, 1.807) is 6.07 Å². The molecule has 1 aliphatic heterocycles. The number of benzene rings is 1. The van der Waals surface area contributed by atoms with Gasteiger partial charge in [0.25, 0.3) is 0 Å². The first-order valence-electron chi connectivity index (χ1n) is 6.02. The van der Waals surface area contributed by atoms with E-state index in [1.165, 1.54) is 0 Å². The topological polar surface area (TPSA) is 58.2 Å². The third-order valence-electron chi connectivity index (χ3n) is 3.11. The van der Waals surface area contributed by atoms with Crippen LogP contribution in [0.1, 0.15) is 18.4 Å². The second kappa shape index (κ2) is 6.02. The van der Waals surface area contributed by atoms with Crippen LogP contribution in [-0.4, -0.2) is 26.8 Å². The van der Waals surface area contributed by atoms with Gasteiger partial charge in [0.05, 0.1) is 5.25 Å². The van der Waals surface area contributed by atoms with E-state index in [-0.39, 0.29) is 11.8 Å². The molecule has 1 saturated heterocycles. The number of piperidine rings is 1. The SMILES string of the molecule is O=S(=O)(NCc1ccccc1Cl)C1CCCNC1. The van der Waals surface area contributed by atoms with Gasteiger partial charge in [0.2, 0.25) is 10.0 Å². The Bertz CT molecular complexity index is 499. The summed E-state index contributed by atoms with van der Waals surface area (Å²) in [7, 11) is -3.27. The molecule has 2 N–H and O–H groups in total. The third kappa shape index (κ3) is 3.45. The zero-order chi connectivity index (χ0) is 13.0. The fourth-order valence-electron chi connectivity index (χ4n) is 2.02. The minimum absolute atomic E-state index is 0.249. The molecule has 0 bridgehead atoms. The molecule has 4 nitrogen and oxygen atoms in total. The summed E-state index contributed by atoms with van der Waals surface area (Å²) in [5.74, 6) is 0. The molecule has 0 aromatic heterocycles. The second-order valence-corrected chi connectivity index (χ2v) is 6.88. The van der Waals surface area contributed by atoms with Crippen LogP contribution in [0.2, 0.25) is 5.02 Å². The fourth-order valence-corrected chi connectivity index (χ4v) is 3.63. The summed E-state index contributed by atoms with van der Waals surface area (Å²) in [5, 5.41) is 3.35. The van der Waals surface area contributed by atoms with E-state index >= 15 is 0 Å². The molecule has 1 fully saturated rings. The van der Waals surface area contributed by atoms with Gasteiger partial charge in [-0.15, -0.1) is 0 Å². The van der Waals surface area contributed by atoms with E-state index in [0.717, 1.165) is 18.5 Å². The predicted octanol–water partition coefficient (Wildman–Crippen LogP) is 1.51. The molecular weight excluding hydrogens is 272 g/mol. The van der Waals surface area contributed by atoms with Crippen molar-refractivity contribution in [3.63, 3.8) is 0 Å². The van der Waals surface area contributed by atoms with E-state index in [1.807, 2.05) is 18.2 Å². The largest absolute Gasteiger partial charge is 0.315 e. The van der Waals surface area contributed by atoms with Gasteiger partial charge in [0.1, 0.15) is 0 Å². The number of nitrogens with one attached hydrogen (secondary N) is 2. The van der Waals surface area contributed by atoms with E-state index in [0.29, 0.717) is 18.0 Å². The second-order valence-electron chi connectivity index (χ2n) is 4.43. The van der Waals surface area contributed by atoms with Crippen LogP contribution in [0.25, 0.3) is 0 Å². The first-order chi connectivity index (χ1) is 8.59. The lowest BCUT2D eigenvalue weighted by atomic mass is 10.2. The number of sulfonamides is 1. The summed E-state index contributed by atoms with van der Waals surface area (Å²) in [6, 6.07) is 7.25. The molecule has 1 atom stereocenters. The van der Waals surface area contributed by atoms with Gasteiger partial charge in [-0.3, -0.25) is 0 Å². The number of hydrogen-bond donors (Lipinski definition) is 2. The molecule has 100 valence electrons. The Morgan fingerprint density at radius 2 is 2.17 bits per heavy atom. The highest BCUT2D eigenvalue weighted by Gasteiger charge is 2.26. The zero-order valence-electron chi connectivity index (χ0n) is 10.0. The minimum atomic E-state index is -3.27. The van der Waals surface area contributed by atoms with Gasteiger partial charge in [-0.2, -0.15) is 0 Å². The van der Waals surface area contributed by atoms with Gasteiger partial charge in [0.15, 0.2) is 0 Å². The molecule has 1 aromatic rings. The summed E-state index contributed by atoms with van der Waals surface area (Å²) in [6.07, 6.45) is 1.61. The Balaban J connectivity index is 1.98. The van der Waals surface area contributed by atoms with Crippen LogP contribution >= 0.6 is 11.6 Å². The Morgan fingerprint density at radius 3 is 2.83 bits per heavy atom. The van der Waals surface area contributed by atoms with Crippen molar-refractivity contribution in [2.24, 2.45) is 0 Å². The van der Waals surface area contributed by atoms with E-state index in [2.05, 4.69) is 10.0 Å². The standard InChI is InChI=1S/C12H17ClN2O2S/c13-12-6-2-1-4-10(12)8-15-18(16,17)11-5-3-7-14-9-11/h1-2,4,6,11,14-15H,3,5,7-9H2. The van der Waals surface area contributed by atoms with Crippen LogP contribution in [0, 0.1) is 0 Å². The Morgan fingerprint density at radius 1 is 1.39 bits per heavy atom. The van der Waals surface area contributed by atoms with Crippen molar-refractivity contribution in [2.45, 2.75) is 24.6 Å². The fraction of sp³-hybridized carbons (Fsp3) is 0.500. The van der Waals surface area contributed by atoms with Crippen molar-refractivity contribution < 1.29 is 8.42 Å². The van der Waals surface area contributed by atoms with Gasteiger partial charge in [-0.25, -0.2) is 13.1 Å². The molecule has 0 saturated carbocycles. The maximum absolute atomic E-state index is 12.1. The average Bonchev–Trinajstić information content (AvgIpc) is 2.39. The van der Waals surface area contributed by atoms with E-state index in [4.69, 9.17) is 11.6 Å². The lowest BCUT2D eigenvalue weighted by Gasteiger charge is -2.23. The van der Waals surface area contributed by atoms with Crippen LogP contribution < -0.4 is 10.0 Å². The molecule has 0 amide bonds. The summed E-state index contributed by atoms with van der Waals surface area (Å²) >= 11 is 5.99. The molecule has 0 aliphatic carbocycles. The summed E-state index contributed by atoms with van der Waals surface area (Å²) in [5.41, 5.74) is 0.798. The molecule has 2 rings (SSSR count). The quantitative estimate of drug-likeness (QED) is 0.883. The van der Waals surface area contributed by atoms with E-state index in [9.17, 15) is 8.42 Å². The maximum Gasteiger partial charge on any atom is 0.216 e. The molecule has 0 radical (unpaired) electrons. The van der Waals surface area contributed by atoms with Crippen molar-refractivity contribution in [3.05, 3.63) is 34.9 Å². The summed E-state index contributed by atoms with van der Waals surface area (Å²) in [4.78, 5) is 0. The van der Waals surface area contributed by atoms with E-state index < -0.39 is 10.0 Å². The van der Waals surface area contributed by atoms with Gasteiger partial charge >= 0.3 is 0 Å². The van der Waals surface area contributed by atoms with Crippen LogP contribution in [0.5, 0.6) is 0 Å². The maximum atomic E-state index is 12.1. The highest BCUT2D eigenvalue weighted by Crippen LogP contribution is 2.16. The van der Waals surface area contributed by atoms with Crippen molar-refractivity contribution in [2.75, 3.05) is 13.1 Å². The smallest absolute Gasteiger partial charge is 0.216 e. The van der Waals surface area contributed by atoms with Crippen molar-refractivity contribution in [1.82, 2.24) is 10.0 Å². The first kappa shape index (κ1) is 13.8. The number of hydrogen-bond acceptors (Lipinski definition) is 3. The van der Waals surface area contributed by atoms with Crippen LogP contribution in [0.15, 0.2) is 24.3 Å². The predicted molar refractivity (Wildman–Crippen MR) is 73.1 cm³/mol. The van der Waals surface area contributed by atoms with Crippen LogP contribution in [-0.2, 0) is 16.6 Å². The first-order valence-corrected chi connectivity index (χ1v) is 7.94. The molecule has 0 spiro atoms. The normalized spacial score (nSPS) is 20.8. The Kier molecular flexibility index (Phi) is 4.61. The Labute approximate surface area is 113 Å². The lowest BCUT2D eigenvalue weighted by molar-refractivity contribution is 0.490. The lowest BCUT2D eigenvalue weighted by Crippen LogP contribution is -2.44. The molecule has 18 heavy (non-hydrogen) atoms.